The van der Waals surface area contributed by atoms with Crippen LogP contribution in [0.2, 0.25) is 0 Å². The zero-order valence-corrected chi connectivity index (χ0v) is 10.7. The Bertz CT molecular complexity index is 550. The number of thiazole rings is 1. The molecular formula is C12H15N3OS. The van der Waals surface area contributed by atoms with Crippen molar-refractivity contribution in [3.8, 4) is 0 Å². The standard InChI is InChI=1S/C12H15N3OS/c1-3-7(2)14-11(16)8-4-5-9-10(6-8)17-12(13)15-9/h4-7H,3H2,1-2H3,(H2,13,15)(H,14,16)/t7-/m1/s1. The van der Waals surface area contributed by atoms with Gasteiger partial charge in [0.1, 0.15) is 0 Å². The monoisotopic (exact) mass is 249 g/mol. The zero-order chi connectivity index (χ0) is 12.4. The summed E-state index contributed by atoms with van der Waals surface area (Å²) in [7, 11) is 0. The number of carbonyl (C=O) groups is 1. The normalized spacial score (nSPS) is 12.6. The van der Waals surface area contributed by atoms with Gasteiger partial charge in [-0.3, -0.25) is 4.79 Å². The molecule has 0 aliphatic heterocycles. The molecule has 0 saturated carbocycles. The Kier molecular flexibility index (Phi) is 3.28. The van der Waals surface area contributed by atoms with Gasteiger partial charge in [0.05, 0.1) is 10.2 Å². The van der Waals surface area contributed by atoms with E-state index >= 15 is 0 Å². The molecular weight excluding hydrogens is 234 g/mol. The maximum atomic E-state index is 11.9. The third-order valence-corrected chi connectivity index (χ3v) is 3.50. The average Bonchev–Trinajstić information content (AvgIpc) is 2.67. The molecule has 2 aromatic rings. The largest absolute Gasteiger partial charge is 0.375 e. The number of amides is 1. The topological polar surface area (TPSA) is 68.0 Å². The third kappa shape index (κ3) is 2.55. The van der Waals surface area contributed by atoms with E-state index in [1.807, 2.05) is 26.0 Å². The summed E-state index contributed by atoms with van der Waals surface area (Å²) in [6.07, 6.45) is 0.918. The van der Waals surface area contributed by atoms with Crippen molar-refractivity contribution in [2.45, 2.75) is 26.3 Å². The first-order valence-electron chi connectivity index (χ1n) is 5.57. The van der Waals surface area contributed by atoms with Gasteiger partial charge in [-0.2, -0.15) is 0 Å². The fourth-order valence-electron chi connectivity index (χ4n) is 1.49. The first-order chi connectivity index (χ1) is 8.10. The summed E-state index contributed by atoms with van der Waals surface area (Å²) >= 11 is 1.40. The summed E-state index contributed by atoms with van der Waals surface area (Å²) in [6.45, 7) is 4.03. The van der Waals surface area contributed by atoms with Crippen LogP contribution < -0.4 is 11.1 Å². The molecule has 0 radical (unpaired) electrons. The second kappa shape index (κ2) is 4.71. The van der Waals surface area contributed by atoms with Crippen LogP contribution in [0, 0.1) is 0 Å². The van der Waals surface area contributed by atoms with Crippen LogP contribution in [0.5, 0.6) is 0 Å². The summed E-state index contributed by atoms with van der Waals surface area (Å²) in [5.74, 6) is -0.0479. The minimum absolute atomic E-state index is 0.0479. The predicted molar refractivity (Wildman–Crippen MR) is 71.3 cm³/mol. The van der Waals surface area contributed by atoms with E-state index < -0.39 is 0 Å². The van der Waals surface area contributed by atoms with E-state index in [0.717, 1.165) is 16.6 Å². The number of hydrogen-bond donors (Lipinski definition) is 2. The molecule has 0 aliphatic carbocycles. The SMILES string of the molecule is CC[C@@H](C)NC(=O)c1ccc2nc(N)sc2c1. The highest BCUT2D eigenvalue weighted by Crippen LogP contribution is 2.24. The number of carbonyl (C=O) groups excluding carboxylic acids is 1. The van der Waals surface area contributed by atoms with Gasteiger partial charge in [-0.25, -0.2) is 4.98 Å². The van der Waals surface area contributed by atoms with Crippen molar-refractivity contribution in [2.75, 3.05) is 5.73 Å². The zero-order valence-electron chi connectivity index (χ0n) is 9.86. The number of benzene rings is 1. The number of hydrogen-bond acceptors (Lipinski definition) is 4. The first-order valence-corrected chi connectivity index (χ1v) is 6.38. The van der Waals surface area contributed by atoms with E-state index in [0.29, 0.717) is 10.7 Å². The Labute approximate surface area is 104 Å². The molecule has 0 fully saturated rings. The van der Waals surface area contributed by atoms with Crippen molar-refractivity contribution < 1.29 is 4.79 Å². The quantitative estimate of drug-likeness (QED) is 0.877. The van der Waals surface area contributed by atoms with Crippen molar-refractivity contribution in [1.82, 2.24) is 10.3 Å². The molecule has 0 bridgehead atoms. The van der Waals surface area contributed by atoms with Crippen LogP contribution in [0.1, 0.15) is 30.6 Å². The summed E-state index contributed by atoms with van der Waals surface area (Å²) in [5, 5.41) is 3.46. The lowest BCUT2D eigenvalue weighted by Gasteiger charge is -2.10. The summed E-state index contributed by atoms with van der Waals surface area (Å²) in [5.41, 5.74) is 7.12. The molecule has 1 amide bonds. The van der Waals surface area contributed by atoms with Crippen LogP contribution in [0.25, 0.3) is 10.2 Å². The number of nitrogens with two attached hydrogens (primary N) is 1. The van der Waals surface area contributed by atoms with Crippen molar-refractivity contribution in [3.63, 3.8) is 0 Å². The van der Waals surface area contributed by atoms with Gasteiger partial charge in [-0.15, -0.1) is 0 Å². The van der Waals surface area contributed by atoms with E-state index in [-0.39, 0.29) is 11.9 Å². The van der Waals surface area contributed by atoms with Gasteiger partial charge in [0, 0.05) is 11.6 Å². The predicted octanol–water partition coefficient (Wildman–Crippen LogP) is 2.41. The highest BCUT2D eigenvalue weighted by molar-refractivity contribution is 7.22. The summed E-state index contributed by atoms with van der Waals surface area (Å²) < 4.78 is 0.944. The van der Waals surface area contributed by atoms with Crippen LogP contribution in [0.3, 0.4) is 0 Å². The molecule has 3 N–H and O–H groups in total. The summed E-state index contributed by atoms with van der Waals surface area (Å²) in [6, 6.07) is 5.62. The van der Waals surface area contributed by atoms with Gasteiger partial charge in [0.15, 0.2) is 5.13 Å². The smallest absolute Gasteiger partial charge is 0.251 e. The Balaban J connectivity index is 2.26. The summed E-state index contributed by atoms with van der Waals surface area (Å²) in [4.78, 5) is 16.1. The molecule has 1 heterocycles. The highest BCUT2D eigenvalue weighted by Gasteiger charge is 2.10. The molecule has 17 heavy (non-hydrogen) atoms. The minimum atomic E-state index is -0.0479. The third-order valence-electron chi connectivity index (χ3n) is 2.66. The second-order valence-electron chi connectivity index (χ2n) is 4.02. The number of fused-ring (bicyclic) bond motifs is 1. The fourth-order valence-corrected chi connectivity index (χ4v) is 2.27. The number of rotatable bonds is 3. The van der Waals surface area contributed by atoms with Gasteiger partial charge < -0.3 is 11.1 Å². The molecule has 4 nitrogen and oxygen atoms in total. The van der Waals surface area contributed by atoms with Gasteiger partial charge in [0.2, 0.25) is 0 Å². The lowest BCUT2D eigenvalue weighted by molar-refractivity contribution is 0.0939. The molecule has 1 atom stereocenters. The van der Waals surface area contributed by atoms with E-state index in [4.69, 9.17) is 5.73 Å². The van der Waals surface area contributed by atoms with Crippen LogP contribution in [0.4, 0.5) is 5.13 Å². The maximum Gasteiger partial charge on any atom is 0.251 e. The minimum Gasteiger partial charge on any atom is -0.375 e. The first kappa shape index (κ1) is 11.9. The molecule has 2 rings (SSSR count). The maximum absolute atomic E-state index is 11.9. The average molecular weight is 249 g/mol. The van der Waals surface area contributed by atoms with Crippen LogP contribution in [0.15, 0.2) is 18.2 Å². The van der Waals surface area contributed by atoms with Gasteiger partial charge in [0.25, 0.3) is 5.91 Å². The Morgan fingerprint density at radius 3 is 3.06 bits per heavy atom. The molecule has 5 heteroatoms. The Morgan fingerprint density at radius 2 is 2.35 bits per heavy atom. The number of nitrogen functional groups attached to an aromatic ring is 1. The molecule has 90 valence electrons. The molecule has 1 aromatic heterocycles. The van der Waals surface area contributed by atoms with Crippen molar-refractivity contribution in [2.24, 2.45) is 0 Å². The fraction of sp³-hybridized carbons (Fsp3) is 0.333. The van der Waals surface area contributed by atoms with Crippen LogP contribution in [-0.4, -0.2) is 16.9 Å². The lowest BCUT2D eigenvalue weighted by atomic mass is 10.2. The van der Waals surface area contributed by atoms with E-state index in [1.54, 1.807) is 6.07 Å². The number of nitrogens with zero attached hydrogens (tertiary/aromatic N) is 1. The van der Waals surface area contributed by atoms with E-state index in [1.165, 1.54) is 11.3 Å². The van der Waals surface area contributed by atoms with Crippen molar-refractivity contribution in [1.29, 1.82) is 0 Å². The molecule has 0 saturated heterocycles. The van der Waals surface area contributed by atoms with Crippen molar-refractivity contribution >= 4 is 32.6 Å². The van der Waals surface area contributed by atoms with Gasteiger partial charge >= 0.3 is 0 Å². The van der Waals surface area contributed by atoms with Crippen molar-refractivity contribution in [3.05, 3.63) is 23.8 Å². The number of nitrogens with one attached hydrogen (secondary N) is 1. The van der Waals surface area contributed by atoms with E-state index in [2.05, 4.69) is 10.3 Å². The molecule has 0 spiro atoms. The highest BCUT2D eigenvalue weighted by atomic mass is 32.1. The van der Waals surface area contributed by atoms with Crippen LogP contribution in [-0.2, 0) is 0 Å². The Morgan fingerprint density at radius 1 is 1.59 bits per heavy atom. The lowest BCUT2D eigenvalue weighted by Crippen LogP contribution is -2.31. The Hall–Kier alpha value is -1.62. The second-order valence-corrected chi connectivity index (χ2v) is 5.08. The van der Waals surface area contributed by atoms with Gasteiger partial charge in [-0.05, 0) is 31.5 Å². The molecule has 0 aliphatic rings. The van der Waals surface area contributed by atoms with E-state index in [9.17, 15) is 4.79 Å². The molecule has 1 aromatic carbocycles. The molecule has 0 unspecified atom stereocenters. The van der Waals surface area contributed by atoms with Crippen LogP contribution >= 0.6 is 11.3 Å². The number of anilines is 1. The number of aromatic nitrogens is 1. The van der Waals surface area contributed by atoms with Gasteiger partial charge in [-0.1, -0.05) is 18.3 Å².